The number of nitrogens with zero attached hydrogens (tertiary/aromatic N) is 3. The van der Waals surface area contributed by atoms with Gasteiger partial charge in [0.1, 0.15) is 11.6 Å². The molecular weight excluding hydrogens is 224 g/mol. The second-order valence-electron chi connectivity index (χ2n) is 6.90. The van der Waals surface area contributed by atoms with Crippen molar-refractivity contribution in [2.45, 2.75) is 50.5 Å². The van der Waals surface area contributed by atoms with Crippen LogP contribution in [-0.2, 0) is 19.0 Å². The molecule has 1 aromatic heterocycles. The molecule has 0 radical (unpaired) electrons. The fraction of sp³-hybridized carbons (Fsp3) is 0.857. The van der Waals surface area contributed by atoms with Crippen LogP contribution in [0, 0.1) is 17.8 Å². The van der Waals surface area contributed by atoms with Crippen molar-refractivity contribution in [3.05, 3.63) is 11.6 Å². The minimum atomic E-state index is 0.337. The molecule has 4 aliphatic carbocycles. The van der Waals surface area contributed by atoms with Gasteiger partial charge in [-0.05, 0) is 56.3 Å². The molecule has 5 rings (SSSR count). The summed E-state index contributed by atoms with van der Waals surface area (Å²) in [7, 11) is 2.09. The van der Waals surface area contributed by atoms with Crippen molar-refractivity contribution in [3.63, 3.8) is 0 Å². The summed E-state index contributed by atoms with van der Waals surface area (Å²) in [5, 5.41) is 8.79. The summed E-state index contributed by atoms with van der Waals surface area (Å²) < 4.78 is 2.17. The van der Waals surface area contributed by atoms with Gasteiger partial charge in [-0.1, -0.05) is 0 Å². The summed E-state index contributed by atoms with van der Waals surface area (Å²) in [6.07, 6.45) is 8.45. The molecule has 4 fully saturated rings. The highest BCUT2D eigenvalue weighted by atomic mass is 15.3. The summed E-state index contributed by atoms with van der Waals surface area (Å²) in [6, 6.07) is 0. The van der Waals surface area contributed by atoms with Gasteiger partial charge in [0.05, 0.1) is 6.54 Å². The van der Waals surface area contributed by atoms with E-state index in [0.717, 1.165) is 23.6 Å². The second-order valence-corrected chi connectivity index (χ2v) is 6.90. The van der Waals surface area contributed by atoms with Crippen molar-refractivity contribution in [1.29, 1.82) is 0 Å². The highest BCUT2D eigenvalue weighted by Crippen LogP contribution is 2.60. The van der Waals surface area contributed by atoms with E-state index < -0.39 is 0 Å². The van der Waals surface area contributed by atoms with Gasteiger partial charge in [0, 0.05) is 12.5 Å². The van der Waals surface area contributed by atoms with Gasteiger partial charge in [0.25, 0.3) is 0 Å². The number of aromatic nitrogens is 3. The zero-order valence-electron chi connectivity index (χ0n) is 11.1. The van der Waals surface area contributed by atoms with Crippen molar-refractivity contribution in [2.24, 2.45) is 30.5 Å². The van der Waals surface area contributed by atoms with Crippen LogP contribution in [0.3, 0.4) is 0 Å². The Bertz CT molecular complexity index is 441. The first kappa shape index (κ1) is 11.0. The molecule has 0 atom stereocenters. The lowest BCUT2D eigenvalue weighted by atomic mass is 9.49. The maximum atomic E-state index is 5.73. The monoisotopic (exact) mass is 246 g/mol. The van der Waals surface area contributed by atoms with Crippen molar-refractivity contribution in [3.8, 4) is 0 Å². The standard InChI is InChI=1S/C14H22N4/c1-18-12(8-15)16-17-13(18)14-5-9-2-10(6-14)4-11(3-9)7-14/h9-11H,2-8,15H2,1H3. The van der Waals surface area contributed by atoms with Crippen LogP contribution in [0.4, 0.5) is 0 Å². The van der Waals surface area contributed by atoms with Gasteiger partial charge in [0.2, 0.25) is 0 Å². The molecule has 4 saturated carbocycles. The van der Waals surface area contributed by atoms with Crippen LogP contribution in [-0.4, -0.2) is 14.8 Å². The third kappa shape index (κ3) is 1.35. The smallest absolute Gasteiger partial charge is 0.146 e. The maximum absolute atomic E-state index is 5.73. The zero-order valence-corrected chi connectivity index (χ0v) is 11.1. The van der Waals surface area contributed by atoms with Gasteiger partial charge in [-0.25, -0.2) is 0 Å². The molecule has 0 spiro atoms. The van der Waals surface area contributed by atoms with Gasteiger partial charge in [0.15, 0.2) is 0 Å². The van der Waals surface area contributed by atoms with Crippen LogP contribution < -0.4 is 5.73 Å². The molecule has 4 nitrogen and oxygen atoms in total. The molecule has 1 aromatic rings. The predicted molar refractivity (Wildman–Crippen MR) is 68.7 cm³/mol. The average Bonchev–Trinajstić information content (AvgIpc) is 2.69. The van der Waals surface area contributed by atoms with E-state index in [1.54, 1.807) is 0 Å². The quantitative estimate of drug-likeness (QED) is 0.864. The van der Waals surface area contributed by atoms with Crippen molar-refractivity contribution in [2.75, 3.05) is 0 Å². The molecular formula is C14H22N4. The zero-order chi connectivity index (χ0) is 12.3. The maximum Gasteiger partial charge on any atom is 0.146 e. The highest BCUT2D eigenvalue weighted by Gasteiger charge is 2.53. The predicted octanol–water partition coefficient (Wildman–Crippen LogP) is 1.74. The molecule has 4 bridgehead atoms. The molecule has 4 heteroatoms. The Morgan fingerprint density at radius 3 is 2.11 bits per heavy atom. The fourth-order valence-corrected chi connectivity index (χ4v) is 5.39. The van der Waals surface area contributed by atoms with Gasteiger partial charge >= 0.3 is 0 Å². The summed E-state index contributed by atoms with van der Waals surface area (Å²) in [5.41, 5.74) is 6.07. The summed E-state index contributed by atoms with van der Waals surface area (Å²) in [5.74, 6) is 5.01. The molecule has 1 heterocycles. The lowest BCUT2D eigenvalue weighted by molar-refractivity contribution is -0.0108. The van der Waals surface area contributed by atoms with E-state index in [9.17, 15) is 0 Å². The number of hydrogen-bond donors (Lipinski definition) is 1. The largest absolute Gasteiger partial charge is 0.324 e. The van der Waals surface area contributed by atoms with Crippen molar-refractivity contribution >= 4 is 0 Å². The highest BCUT2D eigenvalue weighted by molar-refractivity contribution is 5.18. The van der Waals surface area contributed by atoms with E-state index >= 15 is 0 Å². The fourth-order valence-electron chi connectivity index (χ4n) is 5.39. The van der Waals surface area contributed by atoms with Crippen LogP contribution in [0.25, 0.3) is 0 Å². The van der Waals surface area contributed by atoms with E-state index in [0.29, 0.717) is 12.0 Å². The van der Waals surface area contributed by atoms with E-state index in [2.05, 4.69) is 21.8 Å². The number of nitrogens with two attached hydrogens (primary N) is 1. The van der Waals surface area contributed by atoms with Crippen LogP contribution >= 0.6 is 0 Å². The van der Waals surface area contributed by atoms with E-state index in [4.69, 9.17) is 5.73 Å². The minimum absolute atomic E-state index is 0.337. The Labute approximate surface area is 108 Å². The molecule has 2 N–H and O–H groups in total. The first-order valence-electron chi connectivity index (χ1n) is 7.29. The van der Waals surface area contributed by atoms with E-state index in [1.807, 2.05) is 0 Å². The average molecular weight is 246 g/mol. The SMILES string of the molecule is Cn1c(CN)nnc1C12CC3CC(CC(C3)C1)C2. The summed E-state index contributed by atoms with van der Waals surface area (Å²) in [6.45, 7) is 0.496. The molecule has 0 aliphatic heterocycles. The first-order chi connectivity index (χ1) is 8.70. The molecule has 18 heavy (non-hydrogen) atoms. The molecule has 0 amide bonds. The van der Waals surface area contributed by atoms with Crippen LogP contribution in [0.5, 0.6) is 0 Å². The third-order valence-corrected chi connectivity index (χ3v) is 5.66. The Hall–Kier alpha value is -0.900. The lowest BCUT2D eigenvalue weighted by Crippen LogP contribution is -2.49. The Morgan fingerprint density at radius 2 is 1.67 bits per heavy atom. The Morgan fingerprint density at radius 1 is 1.11 bits per heavy atom. The van der Waals surface area contributed by atoms with Crippen LogP contribution in [0.15, 0.2) is 0 Å². The number of hydrogen-bond acceptors (Lipinski definition) is 3. The third-order valence-electron chi connectivity index (χ3n) is 5.66. The minimum Gasteiger partial charge on any atom is -0.324 e. The first-order valence-corrected chi connectivity index (χ1v) is 7.29. The normalized spacial score (nSPS) is 41.6. The Kier molecular flexibility index (Phi) is 2.17. The van der Waals surface area contributed by atoms with E-state index in [-0.39, 0.29) is 0 Å². The molecule has 0 aromatic carbocycles. The number of rotatable bonds is 2. The van der Waals surface area contributed by atoms with Crippen LogP contribution in [0.2, 0.25) is 0 Å². The van der Waals surface area contributed by atoms with Gasteiger partial charge in [-0.2, -0.15) is 0 Å². The molecule has 98 valence electrons. The van der Waals surface area contributed by atoms with Gasteiger partial charge in [-0.3, -0.25) is 0 Å². The molecule has 0 unspecified atom stereocenters. The topological polar surface area (TPSA) is 56.7 Å². The second kappa shape index (κ2) is 3.56. The van der Waals surface area contributed by atoms with Crippen molar-refractivity contribution < 1.29 is 0 Å². The van der Waals surface area contributed by atoms with Crippen molar-refractivity contribution in [1.82, 2.24) is 14.8 Å². The molecule has 0 saturated heterocycles. The summed E-state index contributed by atoms with van der Waals surface area (Å²) in [4.78, 5) is 0. The van der Waals surface area contributed by atoms with Gasteiger partial charge in [-0.15, -0.1) is 10.2 Å². The van der Waals surface area contributed by atoms with Crippen LogP contribution in [0.1, 0.15) is 50.2 Å². The molecule has 4 aliphatic rings. The van der Waals surface area contributed by atoms with E-state index in [1.165, 1.54) is 44.3 Å². The summed E-state index contributed by atoms with van der Waals surface area (Å²) >= 11 is 0. The lowest BCUT2D eigenvalue weighted by Gasteiger charge is -2.56. The van der Waals surface area contributed by atoms with Gasteiger partial charge < -0.3 is 10.3 Å². The Balaban J connectivity index is 1.76.